The molecule has 1 nitrogen and oxygen atoms in total. The Morgan fingerprint density at radius 3 is 2.44 bits per heavy atom. The first-order chi connectivity index (χ1) is 4.29. The third kappa shape index (κ3) is 0.689. The second kappa shape index (κ2) is 1.82. The quantitative estimate of drug-likeness (QED) is 0.530. The second-order valence-corrected chi connectivity index (χ2v) is 4.12. The van der Waals surface area contributed by atoms with Crippen molar-refractivity contribution in [2.45, 2.75) is 24.1 Å². The molecule has 2 bridgehead atoms. The summed E-state index contributed by atoms with van der Waals surface area (Å²) in [6.45, 7) is 0. The predicted molar refractivity (Wildman–Crippen MR) is 38.6 cm³/mol. The molecule has 0 aromatic rings. The largest absolute Gasteiger partial charge is 0.299 e. The summed E-state index contributed by atoms with van der Waals surface area (Å²) in [5, 5.41) is 0. The lowest BCUT2D eigenvalue weighted by Gasteiger charge is -2.04. The molecule has 0 heterocycles. The number of hydrogen-bond donors (Lipinski definition) is 0. The molecule has 2 fully saturated rings. The summed E-state index contributed by atoms with van der Waals surface area (Å²) in [7, 11) is 0. The van der Waals surface area contributed by atoms with Crippen molar-refractivity contribution in [3.8, 4) is 0 Å². The van der Waals surface area contributed by atoms with E-state index >= 15 is 0 Å². The third-order valence-electron chi connectivity index (χ3n) is 2.56. The van der Waals surface area contributed by atoms with Gasteiger partial charge in [0.1, 0.15) is 5.78 Å². The summed E-state index contributed by atoms with van der Waals surface area (Å²) >= 11 is 3.55. The van der Waals surface area contributed by atoms with Gasteiger partial charge in [0.25, 0.3) is 0 Å². The first-order valence-electron chi connectivity index (χ1n) is 3.46. The average molecular weight is 189 g/mol. The summed E-state index contributed by atoms with van der Waals surface area (Å²) in [5.41, 5.74) is 0. The number of Topliss-reactive ketones (excluding diaryl/α,β-unsaturated/α-hetero) is 1. The van der Waals surface area contributed by atoms with Gasteiger partial charge in [0.15, 0.2) is 0 Å². The van der Waals surface area contributed by atoms with Crippen LogP contribution in [0.4, 0.5) is 0 Å². The fourth-order valence-corrected chi connectivity index (χ4v) is 3.01. The van der Waals surface area contributed by atoms with Crippen LogP contribution in [0, 0.1) is 11.8 Å². The van der Waals surface area contributed by atoms with Crippen LogP contribution in [0.1, 0.15) is 19.3 Å². The Bertz CT molecular complexity index is 155. The Hall–Kier alpha value is 0.150. The molecule has 9 heavy (non-hydrogen) atoms. The molecule has 0 amide bonds. The molecule has 2 heteroatoms. The van der Waals surface area contributed by atoms with Crippen molar-refractivity contribution in [2.24, 2.45) is 11.8 Å². The van der Waals surface area contributed by atoms with Crippen LogP contribution in [0.25, 0.3) is 0 Å². The van der Waals surface area contributed by atoms with Crippen molar-refractivity contribution in [3.05, 3.63) is 0 Å². The molecular formula is C7H9BrO. The third-order valence-corrected chi connectivity index (χ3v) is 3.95. The topological polar surface area (TPSA) is 17.1 Å². The van der Waals surface area contributed by atoms with E-state index in [0.29, 0.717) is 22.4 Å². The number of carbonyl (C=O) groups excluding carboxylic acids is 1. The van der Waals surface area contributed by atoms with Crippen LogP contribution < -0.4 is 0 Å². The first kappa shape index (κ1) is 5.90. The van der Waals surface area contributed by atoms with Gasteiger partial charge in [-0.2, -0.15) is 0 Å². The minimum Gasteiger partial charge on any atom is -0.299 e. The Labute approximate surface area is 62.9 Å². The maximum absolute atomic E-state index is 11.0. The molecule has 2 aliphatic carbocycles. The molecule has 0 N–H and O–H groups in total. The number of alkyl halides is 1. The normalized spacial score (nSPS) is 48.6. The lowest BCUT2D eigenvalue weighted by molar-refractivity contribution is -0.121. The Morgan fingerprint density at radius 2 is 2.22 bits per heavy atom. The van der Waals surface area contributed by atoms with E-state index in [1.807, 2.05) is 0 Å². The number of fused-ring (bicyclic) bond motifs is 2. The molecule has 0 radical (unpaired) electrons. The molecule has 50 valence electrons. The van der Waals surface area contributed by atoms with Gasteiger partial charge in [-0.15, -0.1) is 0 Å². The molecule has 2 saturated carbocycles. The highest BCUT2D eigenvalue weighted by molar-refractivity contribution is 9.09. The zero-order valence-electron chi connectivity index (χ0n) is 5.14. The molecule has 2 rings (SSSR count). The van der Waals surface area contributed by atoms with Crippen LogP contribution in [-0.4, -0.2) is 10.6 Å². The first-order valence-corrected chi connectivity index (χ1v) is 4.37. The summed E-state index contributed by atoms with van der Waals surface area (Å²) < 4.78 is 0. The average Bonchev–Trinajstić information content (AvgIpc) is 2.25. The van der Waals surface area contributed by atoms with E-state index in [1.54, 1.807) is 0 Å². The Balaban J connectivity index is 2.26. The fraction of sp³-hybridized carbons (Fsp3) is 0.857. The maximum atomic E-state index is 11.0. The summed E-state index contributed by atoms with van der Waals surface area (Å²) in [4.78, 5) is 11.5. The minimum atomic E-state index is 0.384. The van der Waals surface area contributed by atoms with Crippen molar-refractivity contribution in [2.75, 3.05) is 0 Å². The van der Waals surface area contributed by atoms with Crippen LogP contribution in [0.5, 0.6) is 0 Å². The summed E-state index contributed by atoms with van der Waals surface area (Å²) in [6, 6.07) is 0. The summed E-state index contributed by atoms with van der Waals surface area (Å²) in [6.07, 6.45) is 3.26. The van der Waals surface area contributed by atoms with Crippen LogP contribution in [-0.2, 0) is 4.79 Å². The second-order valence-electron chi connectivity index (χ2n) is 3.06. The van der Waals surface area contributed by atoms with Gasteiger partial charge >= 0.3 is 0 Å². The van der Waals surface area contributed by atoms with E-state index in [0.717, 1.165) is 12.8 Å². The lowest BCUT2D eigenvalue weighted by atomic mass is 10.00. The van der Waals surface area contributed by atoms with Crippen molar-refractivity contribution in [1.82, 2.24) is 0 Å². The van der Waals surface area contributed by atoms with Gasteiger partial charge in [-0.25, -0.2) is 0 Å². The monoisotopic (exact) mass is 188 g/mol. The molecule has 0 aliphatic heterocycles. The van der Waals surface area contributed by atoms with Crippen LogP contribution in [0.2, 0.25) is 0 Å². The van der Waals surface area contributed by atoms with Crippen molar-refractivity contribution in [1.29, 1.82) is 0 Å². The van der Waals surface area contributed by atoms with E-state index in [1.165, 1.54) is 6.42 Å². The lowest BCUT2D eigenvalue weighted by Crippen LogP contribution is -2.10. The number of hydrogen-bond acceptors (Lipinski definition) is 1. The van der Waals surface area contributed by atoms with Gasteiger partial charge in [0.05, 0.1) is 0 Å². The molecule has 3 atom stereocenters. The highest BCUT2D eigenvalue weighted by Gasteiger charge is 2.45. The van der Waals surface area contributed by atoms with Crippen molar-refractivity contribution < 1.29 is 4.79 Å². The molecule has 0 aromatic heterocycles. The summed E-state index contributed by atoms with van der Waals surface area (Å²) in [5.74, 6) is 1.56. The number of ketones is 1. The Kier molecular flexibility index (Phi) is 1.19. The predicted octanol–water partition coefficient (Wildman–Crippen LogP) is 1.75. The molecule has 0 aromatic carbocycles. The molecule has 0 unspecified atom stereocenters. The van der Waals surface area contributed by atoms with Gasteiger partial charge < -0.3 is 0 Å². The van der Waals surface area contributed by atoms with Gasteiger partial charge in [-0.1, -0.05) is 15.9 Å². The van der Waals surface area contributed by atoms with E-state index in [2.05, 4.69) is 15.9 Å². The highest BCUT2D eigenvalue weighted by Crippen LogP contribution is 2.46. The molecule has 0 spiro atoms. The zero-order valence-corrected chi connectivity index (χ0v) is 6.73. The van der Waals surface area contributed by atoms with Crippen LogP contribution in [0.15, 0.2) is 0 Å². The molecular weight excluding hydrogens is 180 g/mol. The fourth-order valence-electron chi connectivity index (χ4n) is 2.00. The van der Waals surface area contributed by atoms with Gasteiger partial charge in [-0.3, -0.25) is 4.79 Å². The van der Waals surface area contributed by atoms with Gasteiger partial charge in [-0.05, 0) is 18.8 Å². The minimum absolute atomic E-state index is 0.384. The van der Waals surface area contributed by atoms with Gasteiger partial charge in [0.2, 0.25) is 0 Å². The smallest absolute Gasteiger partial charge is 0.137 e. The van der Waals surface area contributed by atoms with E-state index in [4.69, 9.17) is 0 Å². The Morgan fingerprint density at radius 1 is 1.44 bits per heavy atom. The number of rotatable bonds is 0. The van der Waals surface area contributed by atoms with Gasteiger partial charge in [0, 0.05) is 17.2 Å². The van der Waals surface area contributed by atoms with Crippen LogP contribution >= 0.6 is 15.9 Å². The maximum Gasteiger partial charge on any atom is 0.137 e. The van der Waals surface area contributed by atoms with E-state index in [9.17, 15) is 4.79 Å². The van der Waals surface area contributed by atoms with Crippen molar-refractivity contribution in [3.63, 3.8) is 0 Å². The van der Waals surface area contributed by atoms with Crippen molar-refractivity contribution >= 4 is 21.7 Å². The van der Waals surface area contributed by atoms with Crippen LogP contribution in [0.3, 0.4) is 0 Å². The molecule has 0 saturated heterocycles. The van der Waals surface area contributed by atoms with E-state index < -0.39 is 0 Å². The number of carbonyl (C=O) groups is 1. The molecule has 2 aliphatic rings. The SMILES string of the molecule is O=C1C[C@H]2CC[C@@H]1[C@@H]2Br. The number of halogens is 1. The zero-order chi connectivity index (χ0) is 6.43. The van der Waals surface area contributed by atoms with E-state index in [-0.39, 0.29) is 0 Å². The standard InChI is InChI=1S/C7H9BrO/c8-7-4-1-2-5(7)6(9)3-4/h4-5,7H,1-3H2/t4-,5+,7-/m1/s1. The highest BCUT2D eigenvalue weighted by atomic mass is 79.9.